The largest absolute Gasteiger partial charge is 0.323 e. The van der Waals surface area contributed by atoms with Gasteiger partial charge in [-0.15, -0.1) is 0 Å². The fourth-order valence-corrected chi connectivity index (χ4v) is 2.71. The van der Waals surface area contributed by atoms with Crippen molar-refractivity contribution in [1.29, 1.82) is 0 Å². The van der Waals surface area contributed by atoms with Gasteiger partial charge in [-0.1, -0.05) is 24.3 Å². The van der Waals surface area contributed by atoms with Crippen LogP contribution < -0.4 is 16.0 Å². The summed E-state index contributed by atoms with van der Waals surface area (Å²) in [7, 11) is 0. The van der Waals surface area contributed by atoms with E-state index in [4.69, 9.17) is 0 Å². The van der Waals surface area contributed by atoms with Crippen LogP contribution in [0.1, 0.15) is 10.4 Å². The molecule has 0 aliphatic rings. The molecule has 2 aromatic heterocycles. The zero-order valence-corrected chi connectivity index (χ0v) is 15.8. The molecule has 0 unspecified atom stereocenters. The van der Waals surface area contributed by atoms with E-state index in [0.717, 1.165) is 0 Å². The Labute approximate surface area is 172 Å². The van der Waals surface area contributed by atoms with Crippen LogP contribution in [-0.2, 0) is 0 Å². The van der Waals surface area contributed by atoms with Gasteiger partial charge in [0.2, 0.25) is 0 Å². The maximum Gasteiger partial charge on any atom is 0.323 e. The van der Waals surface area contributed by atoms with Gasteiger partial charge in [-0.25, -0.2) is 14.5 Å². The molecule has 0 fully saturated rings. The fourth-order valence-electron chi connectivity index (χ4n) is 2.71. The fraction of sp³-hybridized carbons (Fsp3) is 0. The number of hydrogen-bond donors (Lipinski definition) is 3. The standard InChI is InChI=1S/C22H18N6O2/c29-21(16-14-24-28(15-16)20-8-4-5-13-23-20)25-18-9-11-19(12-10-18)27-22(30)26-17-6-2-1-3-7-17/h1-15H,(H,25,29)(H2,26,27,30). The molecule has 148 valence electrons. The van der Waals surface area contributed by atoms with Crippen molar-refractivity contribution in [2.24, 2.45) is 0 Å². The first-order valence-corrected chi connectivity index (χ1v) is 9.18. The summed E-state index contributed by atoms with van der Waals surface area (Å²) in [6, 6.07) is 21.1. The predicted octanol–water partition coefficient (Wildman–Crippen LogP) is 4.16. The first kappa shape index (κ1) is 18.9. The van der Waals surface area contributed by atoms with Gasteiger partial charge in [0.05, 0.1) is 11.8 Å². The first-order chi connectivity index (χ1) is 14.7. The maximum atomic E-state index is 12.5. The van der Waals surface area contributed by atoms with E-state index < -0.39 is 0 Å². The number of nitrogens with zero attached hydrogens (tertiary/aromatic N) is 3. The molecule has 0 atom stereocenters. The minimum atomic E-state index is -0.347. The second-order valence-corrected chi connectivity index (χ2v) is 6.34. The molecule has 4 aromatic rings. The summed E-state index contributed by atoms with van der Waals surface area (Å²) in [5.74, 6) is 0.334. The molecular weight excluding hydrogens is 380 g/mol. The Morgan fingerprint density at radius 2 is 1.37 bits per heavy atom. The number of pyridine rings is 1. The Hall–Kier alpha value is -4.46. The van der Waals surface area contributed by atoms with Crippen LogP contribution in [0.4, 0.5) is 21.9 Å². The van der Waals surface area contributed by atoms with Crippen molar-refractivity contribution in [3.63, 3.8) is 0 Å². The van der Waals surface area contributed by atoms with Gasteiger partial charge in [0.15, 0.2) is 5.82 Å². The van der Waals surface area contributed by atoms with Crippen molar-refractivity contribution in [3.05, 3.63) is 97.0 Å². The highest BCUT2D eigenvalue weighted by molar-refractivity contribution is 6.04. The number of anilines is 3. The molecule has 0 bridgehead atoms. The van der Waals surface area contributed by atoms with E-state index in [0.29, 0.717) is 28.4 Å². The van der Waals surface area contributed by atoms with Crippen LogP contribution in [0, 0.1) is 0 Å². The van der Waals surface area contributed by atoms with Gasteiger partial charge >= 0.3 is 6.03 Å². The molecule has 0 saturated heterocycles. The lowest BCUT2D eigenvalue weighted by molar-refractivity contribution is 0.102. The molecule has 0 saturated carbocycles. The highest BCUT2D eigenvalue weighted by atomic mass is 16.2. The molecule has 8 nitrogen and oxygen atoms in total. The van der Waals surface area contributed by atoms with Crippen molar-refractivity contribution in [3.8, 4) is 5.82 Å². The highest BCUT2D eigenvalue weighted by Crippen LogP contribution is 2.16. The Kier molecular flexibility index (Phi) is 5.47. The number of aromatic nitrogens is 3. The lowest BCUT2D eigenvalue weighted by Crippen LogP contribution is -2.19. The van der Waals surface area contributed by atoms with E-state index in [2.05, 4.69) is 26.0 Å². The normalized spacial score (nSPS) is 10.3. The minimum Gasteiger partial charge on any atom is -0.322 e. The molecule has 30 heavy (non-hydrogen) atoms. The molecule has 0 aliphatic carbocycles. The topological polar surface area (TPSA) is 101 Å². The number of carbonyl (C=O) groups is 2. The Morgan fingerprint density at radius 3 is 2.03 bits per heavy atom. The maximum absolute atomic E-state index is 12.5. The summed E-state index contributed by atoms with van der Waals surface area (Å²) in [5, 5.41) is 12.5. The van der Waals surface area contributed by atoms with Crippen LogP contribution in [0.25, 0.3) is 5.82 Å². The van der Waals surface area contributed by atoms with Crippen molar-refractivity contribution < 1.29 is 9.59 Å². The monoisotopic (exact) mass is 398 g/mol. The van der Waals surface area contributed by atoms with Gasteiger partial charge < -0.3 is 16.0 Å². The highest BCUT2D eigenvalue weighted by Gasteiger charge is 2.10. The lowest BCUT2D eigenvalue weighted by atomic mass is 10.2. The molecule has 0 spiro atoms. The Balaban J connectivity index is 1.35. The van der Waals surface area contributed by atoms with E-state index in [1.54, 1.807) is 54.9 Å². The van der Waals surface area contributed by atoms with Crippen LogP contribution in [-0.4, -0.2) is 26.7 Å². The zero-order chi connectivity index (χ0) is 20.8. The van der Waals surface area contributed by atoms with E-state index in [-0.39, 0.29) is 11.9 Å². The third kappa shape index (κ3) is 4.68. The van der Waals surface area contributed by atoms with E-state index in [9.17, 15) is 9.59 Å². The molecular formula is C22H18N6O2. The molecule has 0 radical (unpaired) electrons. The molecule has 3 N–H and O–H groups in total. The molecule has 4 rings (SSSR count). The van der Waals surface area contributed by atoms with E-state index in [1.807, 2.05) is 30.3 Å². The van der Waals surface area contributed by atoms with Gasteiger partial charge in [-0.2, -0.15) is 5.10 Å². The molecule has 8 heteroatoms. The average Bonchev–Trinajstić information content (AvgIpc) is 3.27. The Bertz CT molecular complexity index is 1140. The van der Waals surface area contributed by atoms with Gasteiger partial charge in [0.1, 0.15) is 0 Å². The smallest absolute Gasteiger partial charge is 0.322 e. The van der Waals surface area contributed by atoms with Crippen LogP contribution >= 0.6 is 0 Å². The van der Waals surface area contributed by atoms with Crippen molar-refractivity contribution in [2.45, 2.75) is 0 Å². The number of nitrogens with one attached hydrogen (secondary N) is 3. The van der Waals surface area contributed by atoms with E-state index >= 15 is 0 Å². The lowest BCUT2D eigenvalue weighted by Gasteiger charge is -2.09. The van der Waals surface area contributed by atoms with Crippen LogP contribution in [0.5, 0.6) is 0 Å². The summed E-state index contributed by atoms with van der Waals surface area (Å²) < 4.78 is 1.53. The summed E-state index contributed by atoms with van der Waals surface area (Å²) in [4.78, 5) is 28.7. The number of amides is 3. The number of benzene rings is 2. The third-order valence-electron chi connectivity index (χ3n) is 4.16. The van der Waals surface area contributed by atoms with Crippen molar-refractivity contribution in [1.82, 2.24) is 14.8 Å². The molecule has 2 aromatic carbocycles. The van der Waals surface area contributed by atoms with E-state index in [1.165, 1.54) is 10.9 Å². The second kappa shape index (κ2) is 8.70. The van der Waals surface area contributed by atoms with Crippen LogP contribution in [0.2, 0.25) is 0 Å². The molecule has 0 aliphatic heterocycles. The average molecular weight is 398 g/mol. The van der Waals surface area contributed by atoms with Crippen LogP contribution in [0.3, 0.4) is 0 Å². The molecule has 2 heterocycles. The second-order valence-electron chi connectivity index (χ2n) is 6.34. The van der Waals surface area contributed by atoms with Gasteiger partial charge in [-0.3, -0.25) is 4.79 Å². The first-order valence-electron chi connectivity index (χ1n) is 9.18. The Morgan fingerprint density at radius 1 is 0.733 bits per heavy atom. The third-order valence-corrected chi connectivity index (χ3v) is 4.16. The van der Waals surface area contributed by atoms with Gasteiger partial charge in [0.25, 0.3) is 5.91 Å². The van der Waals surface area contributed by atoms with Crippen molar-refractivity contribution >= 4 is 29.0 Å². The summed E-state index contributed by atoms with van der Waals surface area (Å²) in [5.41, 5.74) is 2.30. The number of hydrogen-bond acceptors (Lipinski definition) is 4. The van der Waals surface area contributed by atoms with Crippen molar-refractivity contribution in [2.75, 3.05) is 16.0 Å². The summed E-state index contributed by atoms with van der Waals surface area (Å²) in [6.07, 6.45) is 4.75. The summed E-state index contributed by atoms with van der Waals surface area (Å²) >= 11 is 0. The number of rotatable bonds is 5. The number of carbonyl (C=O) groups excluding carboxylic acids is 2. The number of para-hydroxylation sites is 1. The minimum absolute atomic E-state index is 0.292. The summed E-state index contributed by atoms with van der Waals surface area (Å²) in [6.45, 7) is 0. The predicted molar refractivity (Wildman–Crippen MR) is 115 cm³/mol. The van der Waals surface area contributed by atoms with Gasteiger partial charge in [0, 0.05) is 29.5 Å². The zero-order valence-electron chi connectivity index (χ0n) is 15.8. The SMILES string of the molecule is O=C(Nc1ccccc1)Nc1ccc(NC(=O)c2cnn(-c3ccccn3)c2)cc1. The van der Waals surface area contributed by atoms with Crippen LogP contribution in [0.15, 0.2) is 91.4 Å². The molecule has 3 amide bonds. The quantitative estimate of drug-likeness (QED) is 0.470. The number of urea groups is 1. The van der Waals surface area contributed by atoms with Gasteiger partial charge in [-0.05, 0) is 48.5 Å².